The second kappa shape index (κ2) is 17.1. The van der Waals surface area contributed by atoms with Gasteiger partial charge in [0.05, 0.1) is 30.0 Å². The number of rotatable bonds is 7. The summed E-state index contributed by atoms with van der Waals surface area (Å²) in [5.41, 5.74) is -1.12. The fourth-order valence-electron chi connectivity index (χ4n) is 1.59. The predicted molar refractivity (Wildman–Crippen MR) is 135 cm³/mol. The Morgan fingerprint density at radius 1 is 1.09 bits per heavy atom. The molecule has 33 heavy (non-hydrogen) atoms. The summed E-state index contributed by atoms with van der Waals surface area (Å²) in [7, 11) is 6.97. The number of hydrogen-bond acceptors (Lipinski definition) is 8. The fourth-order valence-corrected chi connectivity index (χ4v) is 2.05. The molecule has 2 rings (SSSR count). The topological polar surface area (TPSA) is 112 Å². The highest BCUT2D eigenvalue weighted by Crippen LogP contribution is 2.11. The highest BCUT2D eigenvalue weighted by Gasteiger charge is 2.06. The fraction of sp³-hybridized carbons (Fsp3) is 0.444. The molecule has 0 saturated carbocycles. The van der Waals surface area contributed by atoms with Crippen molar-refractivity contribution in [2.75, 3.05) is 45.9 Å². The summed E-state index contributed by atoms with van der Waals surface area (Å²) < 4.78 is 27.5. The van der Waals surface area contributed by atoms with Crippen molar-refractivity contribution in [1.29, 1.82) is 0 Å². The summed E-state index contributed by atoms with van der Waals surface area (Å²) in [6, 6.07) is 0. The van der Waals surface area contributed by atoms with Gasteiger partial charge in [-0.3, -0.25) is 9.55 Å². The van der Waals surface area contributed by atoms with E-state index >= 15 is 0 Å². The molecule has 1 N–H and O–H groups in total. The second-order valence-electron chi connectivity index (χ2n) is 6.28. The van der Waals surface area contributed by atoms with Gasteiger partial charge in [-0.05, 0) is 12.5 Å². The van der Waals surface area contributed by atoms with E-state index in [-0.39, 0.29) is 11.6 Å². The maximum atomic E-state index is 13.4. The number of nitrogens with one attached hydrogen (secondary N) is 1. The van der Waals surface area contributed by atoms with Crippen LogP contribution >= 0.6 is 35.1 Å². The van der Waals surface area contributed by atoms with Gasteiger partial charge in [0.25, 0.3) is 0 Å². The monoisotopic (exact) mass is 524 g/mol. The Kier molecular flexibility index (Phi) is 15.8. The van der Waals surface area contributed by atoms with Crippen molar-refractivity contribution in [2.24, 2.45) is 9.98 Å². The Labute approximate surface area is 204 Å². The van der Waals surface area contributed by atoms with E-state index in [1.165, 1.54) is 29.0 Å². The number of H-pyrrole nitrogens is 1. The van der Waals surface area contributed by atoms with Crippen LogP contribution in [0.4, 0.5) is 20.4 Å². The van der Waals surface area contributed by atoms with E-state index in [2.05, 4.69) is 24.9 Å². The van der Waals surface area contributed by atoms with Gasteiger partial charge >= 0.3 is 11.4 Å². The van der Waals surface area contributed by atoms with Gasteiger partial charge < -0.3 is 9.80 Å². The maximum absolute atomic E-state index is 13.4. The average Bonchev–Trinajstić information content (AvgIpc) is 2.76. The number of aliphatic imine (C=N–C) groups is 2. The van der Waals surface area contributed by atoms with Crippen LogP contribution < -0.4 is 11.4 Å². The van der Waals surface area contributed by atoms with Crippen LogP contribution in [0.3, 0.4) is 0 Å². The first-order valence-corrected chi connectivity index (χ1v) is 12.3. The normalized spacial score (nSPS) is 10.5. The number of hydrogen-bond donors (Lipinski definition) is 1. The molecule has 0 fully saturated rings. The Bertz CT molecular complexity index is 1010. The maximum Gasteiger partial charge on any atom is 0.350 e. The van der Waals surface area contributed by atoms with Crippen LogP contribution in [0.25, 0.3) is 0 Å². The van der Waals surface area contributed by atoms with E-state index in [4.69, 9.17) is 11.6 Å². The predicted octanol–water partition coefficient (Wildman–Crippen LogP) is 2.60. The van der Waals surface area contributed by atoms with Crippen molar-refractivity contribution in [3.05, 3.63) is 45.0 Å². The molecular weight excluding hydrogens is 498 g/mol. The standard InChI is InChI=1S/C9H13FN4OS.C7H9FN4O.C2H5ClS/c1-13(2)5-11-8-7(10)4-14(6-16-3)9(15)12-8;1-12(2)4-10-6-5(8)3-9-7(13)11-6;1-4-2-3/h4-5H,6H2,1-3H3;3-4H,1-2H3,(H,9,11,13);2H2,1H3. The molecule has 2 heterocycles. The summed E-state index contributed by atoms with van der Waals surface area (Å²) in [5.74, 6) is -1.19. The Hall–Kier alpha value is -2.45. The number of thioether (sulfide) groups is 2. The molecule has 10 nitrogen and oxygen atoms in total. The zero-order valence-corrected chi connectivity index (χ0v) is 21.5. The second-order valence-corrected chi connectivity index (χ2v) is 8.57. The quantitative estimate of drug-likeness (QED) is 0.334. The molecule has 0 amide bonds. The van der Waals surface area contributed by atoms with Crippen molar-refractivity contribution in [3.8, 4) is 0 Å². The summed E-state index contributed by atoms with van der Waals surface area (Å²) in [4.78, 5) is 41.7. The third kappa shape index (κ3) is 13.6. The van der Waals surface area contributed by atoms with Crippen molar-refractivity contribution in [3.63, 3.8) is 0 Å². The summed E-state index contributed by atoms with van der Waals surface area (Å²) >= 11 is 8.18. The first-order valence-electron chi connectivity index (χ1n) is 9.02. The Morgan fingerprint density at radius 2 is 1.67 bits per heavy atom. The van der Waals surface area contributed by atoms with E-state index in [1.807, 2.05) is 12.5 Å². The van der Waals surface area contributed by atoms with E-state index in [0.29, 0.717) is 11.1 Å². The molecule has 2 aromatic rings. The largest absolute Gasteiger partial charge is 0.369 e. The molecule has 0 bridgehead atoms. The smallest absolute Gasteiger partial charge is 0.350 e. The average molecular weight is 525 g/mol. The summed E-state index contributed by atoms with van der Waals surface area (Å²) in [6.07, 6.45) is 8.52. The van der Waals surface area contributed by atoms with Crippen LogP contribution in [0.1, 0.15) is 0 Å². The van der Waals surface area contributed by atoms with Crippen LogP contribution in [-0.2, 0) is 5.88 Å². The van der Waals surface area contributed by atoms with Crippen molar-refractivity contribution < 1.29 is 8.78 Å². The minimum Gasteiger partial charge on any atom is -0.369 e. The first kappa shape index (κ1) is 30.6. The van der Waals surface area contributed by atoms with Gasteiger partial charge in [0.1, 0.15) is 0 Å². The molecule has 0 spiro atoms. The minimum atomic E-state index is -0.655. The Balaban J connectivity index is 0.000000542. The lowest BCUT2D eigenvalue weighted by Crippen LogP contribution is -2.22. The van der Waals surface area contributed by atoms with Crippen molar-refractivity contribution >= 4 is 59.4 Å². The van der Waals surface area contributed by atoms with Gasteiger partial charge in [0.15, 0.2) is 23.3 Å². The molecule has 0 unspecified atom stereocenters. The van der Waals surface area contributed by atoms with Gasteiger partial charge in [-0.15, -0.1) is 35.1 Å². The molecule has 0 saturated heterocycles. The minimum absolute atomic E-state index is 0.117. The van der Waals surface area contributed by atoms with Crippen LogP contribution in [-0.4, -0.2) is 87.9 Å². The number of aromatic nitrogens is 4. The van der Waals surface area contributed by atoms with Gasteiger partial charge in [-0.1, -0.05) is 0 Å². The van der Waals surface area contributed by atoms with Gasteiger partial charge in [0.2, 0.25) is 0 Å². The Morgan fingerprint density at radius 3 is 2.18 bits per heavy atom. The first-order chi connectivity index (χ1) is 15.5. The lowest BCUT2D eigenvalue weighted by molar-refractivity contribution is 0.590. The lowest BCUT2D eigenvalue weighted by atomic mass is 10.5. The van der Waals surface area contributed by atoms with Crippen LogP contribution in [0.2, 0.25) is 0 Å². The molecule has 0 aliphatic carbocycles. The van der Waals surface area contributed by atoms with Crippen molar-refractivity contribution in [2.45, 2.75) is 5.88 Å². The molecular formula is C18H27ClF2N8O2S2. The molecule has 0 radical (unpaired) electrons. The highest BCUT2D eigenvalue weighted by molar-refractivity contribution is 7.99. The molecule has 0 atom stereocenters. The summed E-state index contributed by atoms with van der Waals surface area (Å²) in [5, 5.41) is 0.708. The van der Waals surface area contributed by atoms with Crippen molar-refractivity contribution in [1.82, 2.24) is 29.3 Å². The highest BCUT2D eigenvalue weighted by atomic mass is 35.5. The third-order valence-corrected chi connectivity index (χ3v) is 4.29. The molecule has 15 heteroatoms. The number of aromatic amines is 1. The molecule has 0 aliphatic rings. The van der Waals surface area contributed by atoms with Gasteiger partial charge in [-0.2, -0.15) is 9.97 Å². The van der Waals surface area contributed by atoms with E-state index in [0.717, 1.165) is 12.4 Å². The van der Waals surface area contributed by atoms with E-state index in [1.54, 1.807) is 49.8 Å². The molecule has 0 aliphatic heterocycles. The van der Waals surface area contributed by atoms with E-state index < -0.39 is 23.0 Å². The number of halogens is 3. The van der Waals surface area contributed by atoms with Crippen LogP contribution in [0.5, 0.6) is 0 Å². The molecule has 0 aromatic carbocycles. The van der Waals surface area contributed by atoms with Gasteiger partial charge in [0, 0.05) is 34.4 Å². The number of alkyl halides is 1. The van der Waals surface area contributed by atoms with Crippen LogP contribution in [0.15, 0.2) is 32.0 Å². The molecule has 2 aromatic heterocycles. The SMILES string of the molecule is CN(C)C=Nc1[nH]c(=O)ncc1F.CSCCl.CSCn1cc(F)c(N=CN(C)C)nc1=O. The summed E-state index contributed by atoms with van der Waals surface area (Å²) in [6.45, 7) is 0. The van der Waals surface area contributed by atoms with E-state index in [9.17, 15) is 18.4 Å². The van der Waals surface area contributed by atoms with Gasteiger partial charge in [-0.25, -0.2) is 28.4 Å². The lowest BCUT2D eigenvalue weighted by Gasteiger charge is -2.05. The zero-order valence-electron chi connectivity index (χ0n) is 19.1. The third-order valence-electron chi connectivity index (χ3n) is 2.88. The van der Waals surface area contributed by atoms with Crippen LogP contribution in [0, 0.1) is 11.6 Å². The molecule has 184 valence electrons. The number of nitrogens with zero attached hydrogens (tertiary/aromatic N) is 7. The zero-order chi connectivity index (χ0) is 25.4.